The number of aliphatic hydroxyl groups is 2. The SMILES string of the molecule is CCCCCCCCCCCCCCCCC/C=C/C(O)C(CO)NC(=O)CCCCCCCCCCCCCCCCCCCOC(=O)CCCCCCCCCCCCCCCCCC. The third kappa shape index (κ3) is 53.8. The Morgan fingerprint density at radius 2 is 0.687 bits per heavy atom. The number of unbranched alkanes of at least 4 members (excludes halogenated alkanes) is 46. The van der Waals surface area contributed by atoms with Crippen LogP contribution < -0.4 is 5.32 Å². The second-order valence-electron chi connectivity index (χ2n) is 21.0. The van der Waals surface area contributed by atoms with Crippen molar-refractivity contribution in [1.82, 2.24) is 5.32 Å². The molecular weight excluding hydrogens is 827 g/mol. The fraction of sp³-hybridized carbons (Fsp3) is 0.934. The van der Waals surface area contributed by atoms with Gasteiger partial charge in [0.25, 0.3) is 0 Å². The number of hydrogen-bond acceptors (Lipinski definition) is 5. The summed E-state index contributed by atoms with van der Waals surface area (Å²) in [6, 6.07) is -0.631. The number of nitrogens with one attached hydrogen (secondary N) is 1. The van der Waals surface area contributed by atoms with E-state index in [0.29, 0.717) is 19.4 Å². The van der Waals surface area contributed by atoms with Crippen LogP contribution in [0.4, 0.5) is 0 Å². The summed E-state index contributed by atoms with van der Waals surface area (Å²) < 4.78 is 5.49. The highest BCUT2D eigenvalue weighted by Crippen LogP contribution is 2.18. The van der Waals surface area contributed by atoms with Crippen molar-refractivity contribution < 1.29 is 24.5 Å². The molecule has 0 rings (SSSR count). The Bertz CT molecular complexity index is 1000. The number of amides is 1. The van der Waals surface area contributed by atoms with Crippen molar-refractivity contribution in [2.24, 2.45) is 0 Å². The number of ether oxygens (including phenoxy) is 1. The first kappa shape index (κ1) is 65.6. The number of rotatable bonds is 57. The Hall–Kier alpha value is -1.40. The molecule has 0 aliphatic carbocycles. The number of carbonyl (C=O) groups excluding carboxylic acids is 2. The molecule has 0 aromatic carbocycles. The Kier molecular flexibility index (Phi) is 56.0. The normalized spacial score (nSPS) is 12.6. The van der Waals surface area contributed by atoms with Gasteiger partial charge in [-0.2, -0.15) is 0 Å². The van der Waals surface area contributed by atoms with Crippen molar-refractivity contribution in [2.75, 3.05) is 13.2 Å². The van der Waals surface area contributed by atoms with Crippen molar-refractivity contribution in [3.63, 3.8) is 0 Å². The summed E-state index contributed by atoms with van der Waals surface area (Å²) in [7, 11) is 0. The Balaban J connectivity index is 3.42. The average Bonchev–Trinajstić information content (AvgIpc) is 3.33. The smallest absolute Gasteiger partial charge is 0.305 e. The molecule has 0 aliphatic rings. The first-order valence-corrected chi connectivity index (χ1v) is 30.5. The summed E-state index contributed by atoms with van der Waals surface area (Å²) in [5, 5.41) is 23.1. The third-order valence-corrected chi connectivity index (χ3v) is 14.3. The van der Waals surface area contributed by atoms with Crippen molar-refractivity contribution in [1.29, 1.82) is 0 Å². The van der Waals surface area contributed by atoms with Crippen molar-refractivity contribution >= 4 is 11.9 Å². The van der Waals surface area contributed by atoms with Gasteiger partial charge in [-0.15, -0.1) is 0 Å². The van der Waals surface area contributed by atoms with Crippen LogP contribution in [-0.2, 0) is 14.3 Å². The maximum absolute atomic E-state index is 12.5. The highest BCUT2D eigenvalue weighted by atomic mass is 16.5. The van der Waals surface area contributed by atoms with E-state index in [1.165, 1.54) is 276 Å². The van der Waals surface area contributed by atoms with Crippen LogP contribution in [0.1, 0.15) is 341 Å². The zero-order valence-electron chi connectivity index (χ0n) is 45.4. The van der Waals surface area contributed by atoms with E-state index in [-0.39, 0.29) is 18.5 Å². The molecule has 0 aromatic rings. The molecule has 0 aromatic heterocycles. The standard InChI is InChI=1S/C61H119NO5/c1-3-5-7-9-11-13-15-17-19-22-25-29-33-37-41-45-49-53-59(64)58(57-63)62-60(65)54-50-46-42-38-34-30-26-23-21-24-28-32-36-40-44-48-52-56-67-61(66)55-51-47-43-39-35-31-27-20-18-16-14-12-10-8-6-4-2/h49,53,58-59,63-64H,3-48,50-52,54-57H2,1-2H3,(H,62,65)/b53-49+. The minimum atomic E-state index is -0.847. The van der Waals surface area contributed by atoms with Gasteiger partial charge in [-0.3, -0.25) is 9.59 Å². The molecule has 0 heterocycles. The van der Waals surface area contributed by atoms with Gasteiger partial charge in [0.05, 0.1) is 25.4 Å². The number of carbonyl (C=O) groups is 2. The van der Waals surface area contributed by atoms with Crippen LogP contribution >= 0.6 is 0 Å². The van der Waals surface area contributed by atoms with Gasteiger partial charge >= 0.3 is 5.97 Å². The topological polar surface area (TPSA) is 95.9 Å². The summed E-state index contributed by atoms with van der Waals surface area (Å²) in [4.78, 5) is 24.5. The van der Waals surface area contributed by atoms with Crippen LogP contribution in [-0.4, -0.2) is 47.4 Å². The molecule has 0 aliphatic heterocycles. The van der Waals surface area contributed by atoms with Crippen LogP contribution in [0.3, 0.4) is 0 Å². The van der Waals surface area contributed by atoms with Crippen LogP contribution in [0.2, 0.25) is 0 Å². The van der Waals surface area contributed by atoms with Gasteiger partial charge in [0.1, 0.15) is 0 Å². The van der Waals surface area contributed by atoms with Gasteiger partial charge in [0.15, 0.2) is 0 Å². The van der Waals surface area contributed by atoms with E-state index in [2.05, 4.69) is 19.2 Å². The lowest BCUT2D eigenvalue weighted by Crippen LogP contribution is -2.45. The monoisotopic (exact) mass is 946 g/mol. The second-order valence-corrected chi connectivity index (χ2v) is 21.0. The zero-order valence-corrected chi connectivity index (χ0v) is 45.4. The lowest BCUT2D eigenvalue weighted by atomic mass is 10.0. The molecule has 0 radical (unpaired) electrons. The van der Waals surface area contributed by atoms with Crippen LogP contribution in [0.15, 0.2) is 12.2 Å². The zero-order chi connectivity index (χ0) is 48.6. The highest BCUT2D eigenvalue weighted by molar-refractivity contribution is 5.76. The molecule has 2 unspecified atom stereocenters. The lowest BCUT2D eigenvalue weighted by molar-refractivity contribution is -0.143. The maximum Gasteiger partial charge on any atom is 0.305 e. The third-order valence-electron chi connectivity index (χ3n) is 14.3. The first-order chi connectivity index (χ1) is 33.0. The van der Waals surface area contributed by atoms with Crippen molar-refractivity contribution in [2.45, 2.75) is 353 Å². The quantitative estimate of drug-likeness (QED) is 0.0321. The van der Waals surface area contributed by atoms with E-state index in [1.54, 1.807) is 6.08 Å². The fourth-order valence-corrected chi connectivity index (χ4v) is 9.64. The van der Waals surface area contributed by atoms with E-state index >= 15 is 0 Å². The van der Waals surface area contributed by atoms with Gasteiger partial charge in [-0.05, 0) is 32.1 Å². The maximum atomic E-state index is 12.5. The molecule has 398 valence electrons. The summed E-state index contributed by atoms with van der Waals surface area (Å²) in [6.45, 7) is 4.92. The van der Waals surface area contributed by atoms with E-state index in [1.807, 2.05) is 6.08 Å². The number of esters is 1. The number of aliphatic hydroxyl groups excluding tert-OH is 2. The van der Waals surface area contributed by atoms with Gasteiger partial charge in [0.2, 0.25) is 5.91 Å². The first-order valence-electron chi connectivity index (χ1n) is 30.5. The molecule has 1 amide bonds. The van der Waals surface area contributed by atoms with Gasteiger partial charge in [0, 0.05) is 12.8 Å². The predicted molar refractivity (Wildman–Crippen MR) is 292 cm³/mol. The minimum Gasteiger partial charge on any atom is -0.466 e. The largest absolute Gasteiger partial charge is 0.466 e. The van der Waals surface area contributed by atoms with Gasteiger partial charge < -0.3 is 20.3 Å². The molecule has 2 atom stereocenters. The molecule has 0 spiro atoms. The molecule has 0 bridgehead atoms. The van der Waals surface area contributed by atoms with E-state index in [9.17, 15) is 19.8 Å². The number of allylic oxidation sites excluding steroid dienone is 1. The van der Waals surface area contributed by atoms with Gasteiger partial charge in [-0.1, -0.05) is 309 Å². The van der Waals surface area contributed by atoms with E-state index < -0.39 is 12.1 Å². The second kappa shape index (κ2) is 57.2. The molecule has 3 N–H and O–H groups in total. The highest BCUT2D eigenvalue weighted by Gasteiger charge is 2.18. The van der Waals surface area contributed by atoms with Crippen LogP contribution in [0.25, 0.3) is 0 Å². The fourth-order valence-electron chi connectivity index (χ4n) is 9.64. The van der Waals surface area contributed by atoms with E-state index in [0.717, 1.165) is 38.5 Å². The summed E-state index contributed by atoms with van der Waals surface area (Å²) in [5.74, 6) is -0.0617. The Morgan fingerprint density at radius 3 is 1.01 bits per heavy atom. The average molecular weight is 947 g/mol. The van der Waals surface area contributed by atoms with E-state index in [4.69, 9.17) is 4.74 Å². The summed E-state index contributed by atoms with van der Waals surface area (Å²) in [5.41, 5.74) is 0. The molecule has 0 saturated heterocycles. The predicted octanol–water partition coefficient (Wildman–Crippen LogP) is 18.9. The van der Waals surface area contributed by atoms with Crippen LogP contribution in [0, 0.1) is 0 Å². The summed E-state index contributed by atoms with van der Waals surface area (Å²) in [6.07, 6.45) is 68.1. The lowest BCUT2D eigenvalue weighted by Gasteiger charge is -2.20. The Morgan fingerprint density at radius 1 is 0.403 bits per heavy atom. The van der Waals surface area contributed by atoms with Crippen LogP contribution in [0.5, 0.6) is 0 Å². The molecule has 67 heavy (non-hydrogen) atoms. The summed E-state index contributed by atoms with van der Waals surface area (Å²) >= 11 is 0. The molecular formula is C61H119NO5. The minimum absolute atomic E-state index is 0.00864. The molecule has 6 nitrogen and oxygen atoms in total. The van der Waals surface area contributed by atoms with Crippen molar-refractivity contribution in [3.8, 4) is 0 Å². The number of hydrogen-bond donors (Lipinski definition) is 3. The Labute approximate surface area is 419 Å². The molecule has 0 saturated carbocycles. The molecule has 6 heteroatoms. The van der Waals surface area contributed by atoms with Gasteiger partial charge in [-0.25, -0.2) is 0 Å². The van der Waals surface area contributed by atoms with Crippen molar-refractivity contribution in [3.05, 3.63) is 12.2 Å². The molecule has 0 fully saturated rings.